The fourth-order valence-corrected chi connectivity index (χ4v) is 3.99. The zero-order valence-corrected chi connectivity index (χ0v) is 19.2. The van der Waals surface area contributed by atoms with E-state index in [2.05, 4.69) is 35.1 Å². The van der Waals surface area contributed by atoms with Gasteiger partial charge < -0.3 is 19.2 Å². The molecule has 1 aliphatic rings. The van der Waals surface area contributed by atoms with Gasteiger partial charge in [0.05, 0.1) is 30.2 Å². The second-order valence-corrected chi connectivity index (χ2v) is 8.81. The Morgan fingerprint density at radius 3 is 2.65 bits per heavy atom. The van der Waals surface area contributed by atoms with E-state index in [1.165, 1.54) is 0 Å². The van der Waals surface area contributed by atoms with Crippen molar-refractivity contribution in [1.29, 1.82) is 0 Å². The SMILES string of the molecule is CCOc1cc(C2NC(=O)c3oc4ccc(Br)cc4c(=O)c32)ccc1OCCC(C)C. The number of carbonyl (C=O) groups is 1. The molecule has 6 nitrogen and oxygen atoms in total. The summed E-state index contributed by atoms with van der Waals surface area (Å²) >= 11 is 3.39. The van der Waals surface area contributed by atoms with Crippen LogP contribution in [-0.2, 0) is 0 Å². The average molecular weight is 486 g/mol. The molecule has 1 aromatic heterocycles. The average Bonchev–Trinajstić information content (AvgIpc) is 3.06. The molecule has 1 aliphatic heterocycles. The summed E-state index contributed by atoms with van der Waals surface area (Å²) < 4.78 is 18.2. The molecule has 4 rings (SSSR count). The quantitative estimate of drug-likeness (QED) is 0.496. The van der Waals surface area contributed by atoms with Gasteiger partial charge in [0.15, 0.2) is 16.9 Å². The van der Waals surface area contributed by atoms with Crippen molar-refractivity contribution in [2.45, 2.75) is 33.2 Å². The summed E-state index contributed by atoms with van der Waals surface area (Å²) in [6.45, 7) is 7.24. The molecule has 0 radical (unpaired) electrons. The van der Waals surface area contributed by atoms with Crippen LogP contribution in [0.15, 0.2) is 50.1 Å². The molecule has 3 aromatic rings. The van der Waals surface area contributed by atoms with Gasteiger partial charge in [-0.25, -0.2) is 0 Å². The third kappa shape index (κ3) is 4.19. The van der Waals surface area contributed by atoms with E-state index in [0.29, 0.717) is 47.2 Å². The molecule has 2 aromatic carbocycles. The topological polar surface area (TPSA) is 77.8 Å². The van der Waals surface area contributed by atoms with Gasteiger partial charge in [0.2, 0.25) is 5.76 Å². The van der Waals surface area contributed by atoms with Gasteiger partial charge in [-0.1, -0.05) is 35.8 Å². The third-order valence-electron chi connectivity index (χ3n) is 5.21. The molecule has 162 valence electrons. The van der Waals surface area contributed by atoms with Crippen LogP contribution in [0.3, 0.4) is 0 Å². The van der Waals surface area contributed by atoms with Crippen molar-refractivity contribution in [3.8, 4) is 11.5 Å². The Morgan fingerprint density at radius 2 is 1.90 bits per heavy atom. The molecule has 0 bridgehead atoms. The van der Waals surface area contributed by atoms with E-state index >= 15 is 0 Å². The standard InChI is InChI=1S/C24H24BrNO5/c1-4-29-19-11-14(5-7-18(19)30-10-9-13(2)3)21-20-22(27)16-12-15(25)6-8-17(16)31-23(20)24(28)26-21/h5-8,11-13,21H,4,9-10H2,1-3H3,(H,26,28). The minimum Gasteiger partial charge on any atom is -0.490 e. The number of hydrogen-bond donors (Lipinski definition) is 1. The number of amides is 1. The van der Waals surface area contributed by atoms with Gasteiger partial charge in [-0.3, -0.25) is 9.59 Å². The number of rotatable bonds is 7. The first-order chi connectivity index (χ1) is 14.9. The molecule has 31 heavy (non-hydrogen) atoms. The smallest absolute Gasteiger partial charge is 0.288 e. The highest BCUT2D eigenvalue weighted by Gasteiger charge is 2.36. The normalized spacial score (nSPS) is 15.3. The first kappa shape index (κ1) is 21.4. The Morgan fingerprint density at radius 1 is 1.10 bits per heavy atom. The minimum atomic E-state index is -0.619. The highest BCUT2D eigenvalue weighted by atomic mass is 79.9. The monoisotopic (exact) mass is 485 g/mol. The molecular weight excluding hydrogens is 462 g/mol. The number of fused-ring (bicyclic) bond motifs is 2. The first-order valence-corrected chi connectivity index (χ1v) is 11.1. The Bertz CT molecular complexity index is 1200. The van der Waals surface area contributed by atoms with Crippen molar-refractivity contribution in [2.24, 2.45) is 5.92 Å². The predicted octanol–water partition coefficient (Wildman–Crippen LogP) is 5.21. The molecule has 0 fully saturated rings. The number of halogens is 1. The summed E-state index contributed by atoms with van der Waals surface area (Å²) in [4.78, 5) is 25.8. The number of hydrogen-bond acceptors (Lipinski definition) is 5. The van der Waals surface area contributed by atoms with Crippen LogP contribution >= 0.6 is 15.9 Å². The largest absolute Gasteiger partial charge is 0.490 e. The first-order valence-electron chi connectivity index (χ1n) is 10.4. The third-order valence-corrected chi connectivity index (χ3v) is 5.70. The Balaban J connectivity index is 1.75. The molecule has 0 saturated carbocycles. The molecule has 0 saturated heterocycles. The van der Waals surface area contributed by atoms with Gasteiger partial charge in [-0.05, 0) is 55.2 Å². The van der Waals surface area contributed by atoms with Crippen LogP contribution in [0.25, 0.3) is 11.0 Å². The molecule has 0 aliphatic carbocycles. The highest BCUT2D eigenvalue weighted by Crippen LogP contribution is 2.36. The number of nitrogens with one attached hydrogen (secondary N) is 1. The Labute approximate surface area is 188 Å². The fourth-order valence-electron chi connectivity index (χ4n) is 3.63. The van der Waals surface area contributed by atoms with Crippen molar-refractivity contribution >= 4 is 32.8 Å². The number of benzene rings is 2. The van der Waals surface area contributed by atoms with Crippen LogP contribution < -0.4 is 20.2 Å². The zero-order chi connectivity index (χ0) is 22.1. The maximum Gasteiger partial charge on any atom is 0.288 e. The van der Waals surface area contributed by atoms with Crippen molar-refractivity contribution in [3.63, 3.8) is 0 Å². The molecular formula is C24H24BrNO5. The van der Waals surface area contributed by atoms with E-state index in [0.717, 1.165) is 16.5 Å². The van der Waals surface area contributed by atoms with Gasteiger partial charge in [0.25, 0.3) is 5.91 Å². The summed E-state index contributed by atoms with van der Waals surface area (Å²) in [5.41, 5.74) is 1.20. The lowest BCUT2D eigenvalue weighted by atomic mass is 9.99. The van der Waals surface area contributed by atoms with Crippen molar-refractivity contribution < 1.29 is 18.7 Å². The van der Waals surface area contributed by atoms with Crippen molar-refractivity contribution in [1.82, 2.24) is 5.32 Å². The maximum atomic E-state index is 13.3. The van der Waals surface area contributed by atoms with Gasteiger partial charge >= 0.3 is 0 Å². The molecule has 2 heterocycles. The molecule has 1 N–H and O–H groups in total. The molecule has 0 spiro atoms. The van der Waals surface area contributed by atoms with Gasteiger partial charge in [0.1, 0.15) is 5.58 Å². The number of carbonyl (C=O) groups excluding carboxylic acids is 1. The van der Waals surface area contributed by atoms with Crippen molar-refractivity contribution in [2.75, 3.05) is 13.2 Å². The van der Waals surface area contributed by atoms with Crippen LogP contribution in [0, 0.1) is 5.92 Å². The second kappa shape index (κ2) is 8.75. The van der Waals surface area contributed by atoms with Crippen molar-refractivity contribution in [3.05, 3.63) is 68.0 Å². The molecule has 1 unspecified atom stereocenters. The minimum absolute atomic E-state index is 0.0556. The summed E-state index contributed by atoms with van der Waals surface area (Å²) in [5, 5.41) is 3.30. The van der Waals surface area contributed by atoms with Crippen LogP contribution in [0.5, 0.6) is 11.5 Å². The van der Waals surface area contributed by atoms with Crippen LogP contribution in [0.2, 0.25) is 0 Å². The van der Waals surface area contributed by atoms with Crippen LogP contribution in [-0.4, -0.2) is 19.1 Å². The van der Waals surface area contributed by atoms with E-state index in [4.69, 9.17) is 13.9 Å². The summed E-state index contributed by atoms with van der Waals surface area (Å²) in [5.74, 6) is 1.41. The van der Waals surface area contributed by atoms with Gasteiger partial charge in [-0.15, -0.1) is 0 Å². The summed E-state index contributed by atoms with van der Waals surface area (Å²) in [6, 6.07) is 10.0. The van der Waals surface area contributed by atoms with E-state index in [1.807, 2.05) is 25.1 Å². The zero-order valence-electron chi connectivity index (χ0n) is 17.7. The lowest BCUT2D eigenvalue weighted by Gasteiger charge is -2.17. The van der Waals surface area contributed by atoms with Gasteiger partial charge in [-0.2, -0.15) is 0 Å². The highest BCUT2D eigenvalue weighted by molar-refractivity contribution is 9.10. The number of ether oxygens (including phenoxy) is 2. The van der Waals surface area contributed by atoms with Gasteiger partial charge in [0, 0.05) is 4.47 Å². The second-order valence-electron chi connectivity index (χ2n) is 7.89. The molecule has 1 atom stereocenters. The summed E-state index contributed by atoms with van der Waals surface area (Å²) in [6.07, 6.45) is 0.934. The summed E-state index contributed by atoms with van der Waals surface area (Å²) in [7, 11) is 0. The van der Waals surface area contributed by atoms with E-state index in [-0.39, 0.29) is 11.2 Å². The van der Waals surface area contributed by atoms with E-state index in [1.54, 1.807) is 18.2 Å². The Hall–Kier alpha value is -2.80. The van der Waals surface area contributed by atoms with Crippen LogP contribution in [0.1, 0.15) is 54.9 Å². The molecule has 1 amide bonds. The van der Waals surface area contributed by atoms with E-state index < -0.39 is 11.9 Å². The fraction of sp³-hybridized carbons (Fsp3) is 0.333. The maximum absolute atomic E-state index is 13.3. The van der Waals surface area contributed by atoms with Crippen LogP contribution in [0.4, 0.5) is 0 Å². The molecule has 7 heteroatoms. The predicted molar refractivity (Wildman–Crippen MR) is 122 cm³/mol. The van der Waals surface area contributed by atoms with E-state index in [9.17, 15) is 9.59 Å². The lowest BCUT2D eigenvalue weighted by molar-refractivity contribution is 0.0938. The lowest BCUT2D eigenvalue weighted by Crippen LogP contribution is -2.22. The Kier molecular flexibility index (Phi) is 6.05.